The summed E-state index contributed by atoms with van der Waals surface area (Å²) < 4.78 is 16.8. The normalized spacial score (nSPS) is 16.6. The van der Waals surface area contributed by atoms with Crippen molar-refractivity contribution in [2.75, 3.05) is 47.5 Å². The predicted octanol–water partition coefficient (Wildman–Crippen LogP) is 3.10. The Bertz CT molecular complexity index is 698. The Balaban J connectivity index is 2.11. The van der Waals surface area contributed by atoms with E-state index in [1.807, 2.05) is 12.1 Å². The summed E-state index contributed by atoms with van der Waals surface area (Å²) in [6.45, 7) is 4.06. The third-order valence-electron chi connectivity index (χ3n) is 4.89. The van der Waals surface area contributed by atoms with Crippen LogP contribution < -0.4 is 19.5 Å². The van der Waals surface area contributed by atoms with Gasteiger partial charge >= 0.3 is 0 Å². The number of methoxy groups -OCH3 is 3. The lowest BCUT2D eigenvalue weighted by Gasteiger charge is -2.32. The number of benzene rings is 2. The molecule has 1 fully saturated rings. The number of hydrogen-bond donors (Lipinski definition) is 1. The molecular formula is C21H28N2O3. The standard InChI is InChI=1S/C21H28N2O3/c1-24-18-15-20(26-3)19(25-2)14-17(18)21(16-8-5-4-6-9-16)23-12-7-10-22-11-13-23/h4-6,8-9,14-15,21-22H,7,10-13H2,1-3H3. The van der Waals surface area contributed by atoms with Gasteiger partial charge in [-0.1, -0.05) is 30.3 Å². The molecule has 140 valence electrons. The number of nitrogens with zero attached hydrogens (tertiary/aromatic N) is 1. The van der Waals surface area contributed by atoms with Gasteiger partial charge in [-0.3, -0.25) is 4.90 Å². The molecule has 5 heteroatoms. The van der Waals surface area contributed by atoms with Crippen LogP contribution >= 0.6 is 0 Å². The Hall–Kier alpha value is -2.24. The molecule has 0 amide bonds. The maximum atomic E-state index is 5.73. The van der Waals surface area contributed by atoms with E-state index in [9.17, 15) is 0 Å². The molecule has 1 aliphatic heterocycles. The van der Waals surface area contributed by atoms with Crippen molar-refractivity contribution in [1.29, 1.82) is 0 Å². The van der Waals surface area contributed by atoms with Crippen molar-refractivity contribution < 1.29 is 14.2 Å². The second-order valence-corrected chi connectivity index (χ2v) is 6.40. The first-order valence-corrected chi connectivity index (χ1v) is 9.08. The molecule has 0 aromatic heterocycles. The lowest BCUT2D eigenvalue weighted by molar-refractivity contribution is 0.235. The molecule has 2 aromatic rings. The molecule has 2 aromatic carbocycles. The van der Waals surface area contributed by atoms with Gasteiger partial charge in [0.25, 0.3) is 0 Å². The highest BCUT2D eigenvalue weighted by Gasteiger charge is 2.27. The fraction of sp³-hybridized carbons (Fsp3) is 0.429. The third-order valence-corrected chi connectivity index (χ3v) is 4.89. The van der Waals surface area contributed by atoms with Crippen molar-refractivity contribution in [2.24, 2.45) is 0 Å². The number of nitrogens with one attached hydrogen (secondary N) is 1. The van der Waals surface area contributed by atoms with Crippen LogP contribution in [-0.4, -0.2) is 52.4 Å². The molecule has 0 aliphatic carbocycles. The number of hydrogen-bond acceptors (Lipinski definition) is 5. The van der Waals surface area contributed by atoms with Crippen molar-refractivity contribution >= 4 is 0 Å². The summed E-state index contributed by atoms with van der Waals surface area (Å²) in [7, 11) is 5.02. The van der Waals surface area contributed by atoms with Crippen molar-refractivity contribution in [3.63, 3.8) is 0 Å². The molecule has 1 N–H and O–H groups in total. The van der Waals surface area contributed by atoms with Gasteiger partial charge in [-0.15, -0.1) is 0 Å². The van der Waals surface area contributed by atoms with E-state index in [1.165, 1.54) is 5.56 Å². The Morgan fingerprint density at radius 2 is 1.54 bits per heavy atom. The zero-order valence-corrected chi connectivity index (χ0v) is 15.8. The van der Waals surface area contributed by atoms with Gasteiger partial charge in [0.15, 0.2) is 11.5 Å². The minimum absolute atomic E-state index is 0.103. The zero-order chi connectivity index (χ0) is 18.4. The first-order chi connectivity index (χ1) is 12.8. The van der Waals surface area contributed by atoms with E-state index >= 15 is 0 Å². The first kappa shape index (κ1) is 18.5. The highest BCUT2D eigenvalue weighted by atomic mass is 16.5. The van der Waals surface area contributed by atoms with Gasteiger partial charge in [-0.2, -0.15) is 0 Å². The van der Waals surface area contributed by atoms with Crippen LogP contribution in [0.4, 0.5) is 0 Å². The largest absolute Gasteiger partial charge is 0.496 e. The maximum Gasteiger partial charge on any atom is 0.164 e. The van der Waals surface area contributed by atoms with Gasteiger partial charge in [-0.25, -0.2) is 0 Å². The van der Waals surface area contributed by atoms with Crippen LogP contribution in [0.2, 0.25) is 0 Å². The fourth-order valence-electron chi connectivity index (χ4n) is 3.61. The molecule has 1 atom stereocenters. The van der Waals surface area contributed by atoms with Crippen LogP contribution in [0.15, 0.2) is 42.5 Å². The summed E-state index contributed by atoms with van der Waals surface area (Å²) in [4.78, 5) is 2.51. The lowest BCUT2D eigenvalue weighted by atomic mass is 9.95. The van der Waals surface area contributed by atoms with Crippen molar-refractivity contribution in [3.8, 4) is 17.2 Å². The van der Waals surface area contributed by atoms with Gasteiger partial charge in [0.1, 0.15) is 5.75 Å². The molecule has 0 radical (unpaired) electrons. The Morgan fingerprint density at radius 1 is 0.846 bits per heavy atom. The van der Waals surface area contributed by atoms with Gasteiger partial charge in [0, 0.05) is 31.3 Å². The fourth-order valence-corrected chi connectivity index (χ4v) is 3.61. The number of ether oxygens (including phenoxy) is 3. The molecule has 1 saturated heterocycles. The Morgan fingerprint density at radius 3 is 2.23 bits per heavy atom. The maximum absolute atomic E-state index is 5.73. The molecule has 1 unspecified atom stereocenters. The zero-order valence-electron chi connectivity index (χ0n) is 15.8. The summed E-state index contributed by atoms with van der Waals surface area (Å²) in [6, 6.07) is 14.7. The van der Waals surface area contributed by atoms with Gasteiger partial charge in [-0.05, 0) is 24.6 Å². The molecule has 0 spiro atoms. The van der Waals surface area contributed by atoms with Gasteiger partial charge < -0.3 is 19.5 Å². The molecule has 1 heterocycles. The topological polar surface area (TPSA) is 43.0 Å². The summed E-state index contributed by atoms with van der Waals surface area (Å²) in [5, 5.41) is 3.49. The average Bonchev–Trinajstić information content (AvgIpc) is 2.98. The van der Waals surface area contributed by atoms with Crippen LogP contribution in [0.5, 0.6) is 17.2 Å². The molecule has 1 aliphatic rings. The quantitative estimate of drug-likeness (QED) is 0.862. The van der Waals surface area contributed by atoms with Gasteiger partial charge in [0.2, 0.25) is 0 Å². The van der Waals surface area contributed by atoms with Crippen molar-refractivity contribution in [1.82, 2.24) is 10.2 Å². The highest BCUT2D eigenvalue weighted by molar-refractivity contribution is 5.53. The van der Waals surface area contributed by atoms with Crippen LogP contribution in [0.25, 0.3) is 0 Å². The van der Waals surface area contributed by atoms with Crippen LogP contribution in [0.1, 0.15) is 23.6 Å². The summed E-state index contributed by atoms with van der Waals surface area (Å²) >= 11 is 0. The third kappa shape index (κ3) is 3.94. The lowest BCUT2D eigenvalue weighted by Crippen LogP contribution is -2.33. The minimum atomic E-state index is 0.103. The molecular weight excluding hydrogens is 328 g/mol. The Kier molecular flexibility index (Phi) is 6.36. The van der Waals surface area contributed by atoms with E-state index in [0.29, 0.717) is 5.75 Å². The highest BCUT2D eigenvalue weighted by Crippen LogP contribution is 2.41. The van der Waals surface area contributed by atoms with Crippen LogP contribution in [0, 0.1) is 0 Å². The van der Waals surface area contributed by atoms with Crippen molar-refractivity contribution in [2.45, 2.75) is 12.5 Å². The second kappa shape index (κ2) is 8.92. The average molecular weight is 356 g/mol. The van der Waals surface area contributed by atoms with E-state index in [2.05, 4.69) is 40.5 Å². The summed E-state index contributed by atoms with van der Waals surface area (Å²) in [6.07, 6.45) is 1.12. The first-order valence-electron chi connectivity index (χ1n) is 9.08. The second-order valence-electron chi connectivity index (χ2n) is 6.40. The molecule has 0 bridgehead atoms. The van der Waals surface area contributed by atoms with Crippen LogP contribution in [-0.2, 0) is 0 Å². The molecule has 26 heavy (non-hydrogen) atoms. The molecule has 0 saturated carbocycles. The minimum Gasteiger partial charge on any atom is -0.496 e. The van der Waals surface area contributed by atoms with E-state index < -0.39 is 0 Å². The molecule has 5 nitrogen and oxygen atoms in total. The van der Waals surface area contributed by atoms with E-state index in [1.54, 1.807) is 21.3 Å². The van der Waals surface area contributed by atoms with Crippen LogP contribution in [0.3, 0.4) is 0 Å². The predicted molar refractivity (Wildman–Crippen MR) is 103 cm³/mol. The van der Waals surface area contributed by atoms with E-state index in [4.69, 9.17) is 14.2 Å². The molecule has 3 rings (SSSR count). The summed E-state index contributed by atoms with van der Waals surface area (Å²) in [5.74, 6) is 2.21. The Labute approximate surface area is 155 Å². The SMILES string of the molecule is COc1cc(OC)c(C(c2ccccc2)N2CCCNCC2)cc1OC. The smallest absolute Gasteiger partial charge is 0.164 e. The van der Waals surface area contributed by atoms with Gasteiger partial charge in [0.05, 0.1) is 27.4 Å². The summed E-state index contributed by atoms with van der Waals surface area (Å²) in [5.41, 5.74) is 2.35. The van der Waals surface area contributed by atoms with Crippen molar-refractivity contribution in [3.05, 3.63) is 53.6 Å². The van der Waals surface area contributed by atoms with E-state index in [-0.39, 0.29) is 6.04 Å². The monoisotopic (exact) mass is 356 g/mol. The number of rotatable bonds is 6. The van der Waals surface area contributed by atoms with E-state index in [0.717, 1.165) is 49.7 Å².